The molecular weight excluding hydrogens is 222 g/mol. The molecule has 0 saturated heterocycles. The number of nitrogens with two attached hydrogens (primary N) is 1. The van der Waals surface area contributed by atoms with E-state index in [1.807, 2.05) is 18.2 Å². The Kier molecular flexibility index (Phi) is 2.93. The fraction of sp³-hybridized carbons (Fsp3) is 0. The van der Waals surface area contributed by atoms with Gasteiger partial charge in [0, 0.05) is 16.8 Å². The van der Waals surface area contributed by atoms with Gasteiger partial charge in [0.25, 0.3) is 0 Å². The first-order valence-electron chi connectivity index (χ1n) is 4.81. The van der Waals surface area contributed by atoms with Crippen LogP contribution in [0.5, 0.6) is 0 Å². The number of carbonyl (C=O) groups is 1. The lowest BCUT2D eigenvalue weighted by molar-refractivity contribution is 0.112. The van der Waals surface area contributed by atoms with Crippen molar-refractivity contribution in [2.45, 2.75) is 0 Å². The van der Waals surface area contributed by atoms with Crippen LogP contribution in [-0.2, 0) is 0 Å². The van der Waals surface area contributed by atoms with Gasteiger partial charge in [0.15, 0.2) is 0 Å². The van der Waals surface area contributed by atoms with Gasteiger partial charge in [-0.25, -0.2) is 0 Å². The molecule has 0 aliphatic heterocycles. The topological polar surface area (TPSA) is 43.1 Å². The number of halogens is 1. The van der Waals surface area contributed by atoms with Crippen molar-refractivity contribution in [3.05, 3.63) is 53.1 Å². The van der Waals surface area contributed by atoms with Gasteiger partial charge in [-0.05, 0) is 23.8 Å². The van der Waals surface area contributed by atoms with Crippen LogP contribution in [0.3, 0.4) is 0 Å². The molecule has 0 aromatic heterocycles. The molecular formula is C13H10ClNO. The Bertz CT molecular complexity index is 537. The zero-order valence-corrected chi connectivity index (χ0v) is 9.24. The first-order valence-corrected chi connectivity index (χ1v) is 5.19. The lowest BCUT2D eigenvalue weighted by atomic mass is 10.0. The highest BCUT2D eigenvalue weighted by Gasteiger charge is 2.04. The predicted octanol–water partition coefficient (Wildman–Crippen LogP) is 3.40. The molecule has 0 atom stereocenters. The summed E-state index contributed by atoms with van der Waals surface area (Å²) >= 11 is 6.09. The van der Waals surface area contributed by atoms with Gasteiger partial charge in [0.05, 0.1) is 5.02 Å². The Balaban J connectivity index is 2.53. The average Bonchev–Trinajstić information content (AvgIpc) is 2.29. The van der Waals surface area contributed by atoms with Gasteiger partial charge in [0.2, 0.25) is 0 Å². The highest BCUT2D eigenvalue weighted by atomic mass is 35.5. The summed E-state index contributed by atoms with van der Waals surface area (Å²) in [6.45, 7) is 0. The van der Waals surface area contributed by atoms with E-state index in [0.29, 0.717) is 16.3 Å². The molecule has 2 aromatic rings. The van der Waals surface area contributed by atoms with Crippen molar-refractivity contribution in [2.75, 3.05) is 5.73 Å². The molecule has 2 N–H and O–H groups in total. The van der Waals surface area contributed by atoms with Crippen LogP contribution in [-0.4, -0.2) is 6.29 Å². The lowest BCUT2D eigenvalue weighted by Crippen LogP contribution is -1.87. The van der Waals surface area contributed by atoms with Gasteiger partial charge >= 0.3 is 0 Å². The first-order chi connectivity index (χ1) is 7.70. The van der Waals surface area contributed by atoms with E-state index < -0.39 is 0 Å². The molecule has 80 valence electrons. The highest BCUT2D eigenvalue weighted by Crippen LogP contribution is 2.29. The molecule has 0 radical (unpaired) electrons. The fourth-order valence-electron chi connectivity index (χ4n) is 1.54. The second-order valence-electron chi connectivity index (χ2n) is 3.48. The Hall–Kier alpha value is -1.80. The minimum Gasteiger partial charge on any atom is -0.399 e. The molecule has 16 heavy (non-hydrogen) atoms. The summed E-state index contributed by atoms with van der Waals surface area (Å²) in [7, 11) is 0. The van der Waals surface area contributed by atoms with Crippen LogP contribution >= 0.6 is 11.6 Å². The number of carbonyl (C=O) groups excluding carboxylic acids is 1. The molecule has 2 nitrogen and oxygen atoms in total. The van der Waals surface area contributed by atoms with Crippen LogP contribution in [0.1, 0.15) is 10.4 Å². The zero-order chi connectivity index (χ0) is 11.5. The molecule has 0 bridgehead atoms. The first kappa shape index (κ1) is 10.7. The quantitative estimate of drug-likeness (QED) is 0.636. The van der Waals surface area contributed by atoms with E-state index in [0.717, 1.165) is 17.4 Å². The summed E-state index contributed by atoms with van der Waals surface area (Å²) in [5.41, 5.74) is 8.66. The third-order valence-corrected chi connectivity index (χ3v) is 2.64. The maximum Gasteiger partial charge on any atom is 0.150 e. The largest absolute Gasteiger partial charge is 0.399 e. The van der Waals surface area contributed by atoms with Crippen molar-refractivity contribution >= 4 is 23.6 Å². The van der Waals surface area contributed by atoms with Crippen molar-refractivity contribution in [2.24, 2.45) is 0 Å². The standard InChI is InChI=1S/C13H10ClNO/c14-13-7-11(15)4-5-12(13)10-3-1-2-9(6-10)8-16/h1-8H,15H2. The van der Waals surface area contributed by atoms with Crippen LogP contribution in [0.4, 0.5) is 5.69 Å². The van der Waals surface area contributed by atoms with Crippen molar-refractivity contribution < 1.29 is 4.79 Å². The van der Waals surface area contributed by atoms with Crippen LogP contribution < -0.4 is 5.73 Å². The van der Waals surface area contributed by atoms with E-state index in [4.69, 9.17) is 17.3 Å². The smallest absolute Gasteiger partial charge is 0.150 e. The number of benzene rings is 2. The number of hydrogen-bond donors (Lipinski definition) is 1. The van der Waals surface area contributed by atoms with Gasteiger partial charge < -0.3 is 5.73 Å². The molecule has 3 heteroatoms. The molecule has 2 aromatic carbocycles. The van der Waals surface area contributed by atoms with E-state index in [9.17, 15) is 4.79 Å². The van der Waals surface area contributed by atoms with Crippen molar-refractivity contribution in [3.8, 4) is 11.1 Å². The highest BCUT2D eigenvalue weighted by molar-refractivity contribution is 6.33. The van der Waals surface area contributed by atoms with Crippen LogP contribution in [0.25, 0.3) is 11.1 Å². The SMILES string of the molecule is Nc1ccc(-c2cccc(C=O)c2)c(Cl)c1. The minimum atomic E-state index is 0.586. The third-order valence-electron chi connectivity index (χ3n) is 2.33. The number of nitrogen functional groups attached to an aromatic ring is 1. The monoisotopic (exact) mass is 231 g/mol. The summed E-state index contributed by atoms with van der Waals surface area (Å²) in [6, 6.07) is 12.6. The Morgan fingerprint density at radius 3 is 2.62 bits per heavy atom. The number of rotatable bonds is 2. The predicted molar refractivity (Wildman–Crippen MR) is 66.7 cm³/mol. The number of anilines is 1. The molecule has 0 fully saturated rings. The second-order valence-corrected chi connectivity index (χ2v) is 3.89. The average molecular weight is 232 g/mol. The third kappa shape index (κ3) is 2.07. The summed E-state index contributed by atoms with van der Waals surface area (Å²) < 4.78 is 0. The number of hydrogen-bond acceptors (Lipinski definition) is 2. The second kappa shape index (κ2) is 4.37. The van der Waals surface area contributed by atoms with E-state index >= 15 is 0 Å². The zero-order valence-electron chi connectivity index (χ0n) is 8.48. The molecule has 0 saturated carbocycles. The molecule has 0 unspecified atom stereocenters. The van der Waals surface area contributed by atoms with E-state index in [1.165, 1.54) is 0 Å². The van der Waals surface area contributed by atoms with Crippen LogP contribution in [0.2, 0.25) is 5.02 Å². The summed E-state index contributed by atoms with van der Waals surface area (Å²) in [5, 5.41) is 0.586. The van der Waals surface area contributed by atoms with Crippen molar-refractivity contribution in [3.63, 3.8) is 0 Å². The summed E-state index contributed by atoms with van der Waals surface area (Å²) in [5.74, 6) is 0. The maximum absolute atomic E-state index is 10.7. The molecule has 0 aliphatic carbocycles. The van der Waals surface area contributed by atoms with Gasteiger partial charge in [-0.2, -0.15) is 0 Å². The Labute approximate surface area is 98.7 Å². The number of aldehydes is 1. The maximum atomic E-state index is 10.7. The summed E-state index contributed by atoms with van der Waals surface area (Å²) in [4.78, 5) is 10.7. The van der Waals surface area contributed by atoms with E-state index in [2.05, 4.69) is 0 Å². The van der Waals surface area contributed by atoms with Crippen molar-refractivity contribution in [1.29, 1.82) is 0 Å². The normalized spacial score (nSPS) is 10.1. The van der Waals surface area contributed by atoms with E-state index in [-0.39, 0.29) is 0 Å². The van der Waals surface area contributed by atoms with Crippen LogP contribution in [0, 0.1) is 0 Å². The van der Waals surface area contributed by atoms with Gasteiger partial charge in [0.1, 0.15) is 6.29 Å². The Morgan fingerprint density at radius 1 is 1.12 bits per heavy atom. The fourth-order valence-corrected chi connectivity index (χ4v) is 1.84. The van der Waals surface area contributed by atoms with Crippen molar-refractivity contribution in [1.82, 2.24) is 0 Å². The molecule has 0 heterocycles. The van der Waals surface area contributed by atoms with Gasteiger partial charge in [-0.3, -0.25) is 4.79 Å². The lowest BCUT2D eigenvalue weighted by Gasteiger charge is -2.05. The Morgan fingerprint density at radius 2 is 1.94 bits per heavy atom. The molecule has 2 rings (SSSR count). The van der Waals surface area contributed by atoms with Gasteiger partial charge in [-0.1, -0.05) is 35.9 Å². The molecule has 0 spiro atoms. The summed E-state index contributed by atoms with van der Waals surface area (Å²) in [6.07, 6.45) is 0.814. The van der Waals surface area contributed by atoms with Gasteiger partial charge in [-0.15, -0.1) is 0 Å². The molecule has 0 amide bonds. The molecule has 0 aliphatic rings. The van der Waals surface area contributed by atoms with E-state index in [1.54, 1.807) is 24.3 Å². The minimum absolute atomic E-state index is 0.586. The van der Waals surface area contributed by atoms with Crippen LogP contribution in [0.15, 0.2) is 42.5 Å².